The van der Waals surface area contributed by atoms with Gasteiger partial charge in [0, 0.05) is 18.7 Å². The third kappa shape index (κ3) is 11.6. The van der Waals surface area contributed by atoms with Crippen molar-refractivity contribution in [1.29, 1.82) is 0 Å². The van der Waals surface area contributed by atoms with E-state index < -0.39 is 32.1 Å². The molecule has 246 valence electrons. The van der Waals surface area contributed by atoms with Crippen LogP contribution in [0.2, 0.25) is 18.1 Å². The summed E-state index contributed by atoms with van der Waals surface area (Å²) < 4.78 is 25.2. The van der Waals surface area contributed by atoms with E-state index in [1.54, 1.807) is 12.1 Å². The van der Waals surface area contributed by atoms with Crippen LogP contribution in [-0.4, -0.2) is 60.1 Å². The van der Waals surface area contributed by atoms with Crippen LogP contribution >= 0.6 is 0 Å². The van der Waals surface area contributed by atoms with Crippen molar-refractivity contribution in [3.8, 4) is 17.0 Å². The molecule has 3 rings (SSSR count). The van der Waals surface area contributed by atoms with Gasteiger partial charge in [0.15, 0.2) is 14.4 Å². The number of carbonyl (C=O) groups is 2. The van der Waals surface area contributed by atoms with E-state index in [0.717, 1.165) is 22.5 Å². The minimum absolute atomic E-state index is 0.0873. The third-order valence-electron chi connectivity index (χ3n) is 7.51. The van der Waals surface area contributed by atoms with Crippen LogP contribution in [-0.2, 0) is 38.5 Å². The number of ether oxygens (including phenoxy) is 3. The summed E-state index contributed by atoms with van der Waals surface area (Å²) >= 11 is 0. The van der Waals surface area contributed by atoms with Gasteiger partial charge < -0.3 is 29.1 Å². The van der Waals surface area contributed by atoms with Crippen molar-refractivity contribution in [2.45, 2.75) is 97.6 Å². The van der Waals surface area contributed by atoms with Gasteiger partial charge in [-0.25, -0.2) is 9.59 Å². The Morgan fingerprint density at radius 2 is 1.64 bits per heavy atom. The largest absolute Gasteiger partial charge is 0.490 e. The average molecular weight is 640 g/mol. The van der Waals surface area contributed by atoms with Gasteiger partial charge in [-0.05, 0) is 81.2 Å². The van der Waals surface area contributed by atoms with Crippen LogP contribution in [0.25, 0.3) is 11.3 Å². The maximum atomic E-state index is 12.0. The maximum absolute atomic E-state index is 12.0. The van der Waals surface area contributed by atoms with Crippen LogP contribution < -0.4 is 10.1 Å². The number of amides is 1. The Bertz CT molecular complexity index is 1380. The Kier molecular flexibility index (Phi) is 12.4. The molecular formula is C34H49N3O7Si. The maximum Gasteiger partial charge on any atom is 0.407 e. The summed E-state index contributed by atoms with van der Waals surface area (Å²) in [4.78, 5) is 23.9. The molecule has 0 aliphatic rings. The lowest BCUT2D eigenvalue weighted by Gasteiger charge is -2.38. The van der Waals surface area contributed by atoms with Gasteiger partial charge in [-0.1, -0.05) is 51.1 Å². The van der Waals surface area contributed by atoms with E-state index in [1.165, 1.54) is 0 Å². The number of aryl methyl sites for hydroxylation is 1. The van der Waals surface area contributed by atoms with E-state index in [0.29, 0.717) is 38.5 Å². The van der Waals surface area contributed by atoms with E-state index >= 15 is 0 Å². The van der Waals surface area contributed by atoms with E-state index in [1.807, 2.05) is 87.1 Å². The van der Waals surface area contributed by atoms with Gasteiger partial charge in [-0.2, -0.15) is 5.10 Å². The van der Waals surface area contributed by atoms with Crippen LogP contribution in [0.3, 0.4) is 0 Å². The van der Waals surface area contributed by atoms with Crippen molar-refractivity contribution in [2.24, 2.45) is 0 Å². The van der Waals surface area contributed by atoms with Crippen molar-refractivity contribution in [1.82, 2.24) is 15.1 Å². The number of benzene rings is 2. The second kappa shape index (κ2) is 15.6. The number of carboxylic acid groups (broad SMARTS) is 1. The van der Waals surface area contributed by atoms with E-state index in [4.69, 9.17) is 23.7 Å². The summed E-state index contributed by atoms with van der Waals surface area (Å²) in [6.45, 7) is 17.5. The number of alkyl carbamates (subject to hydrolysis) is 1. The van der Waals surface area contributed by atoms with Gasteiger partial charge in [0.25, 0.3) is 0 Å². The average Bonchev–Trinajstić information content (AvgIpc) is 3.35. The highest BCUT2D eigenvalue weighted by Crippen LogP contribution is 2.37. The van der Waals surface area contributed by atoms with Crippen LogP contribution in [0.1, 0.15) is 59.2 Å². The molecule has 1 amide bonds. The molecule has 10 nitrogen and oxygen atoms in total. The van der Waals surface area contributed by atoms with Crippen molar-refractivity contribution in [3.05, 3.63) is 71.9 Å². The van der Waals surface area contributed by atoms with Gasteiger partial charge in [0.2, 0.25) is 0 Å². The fraction of sp³-hybridized carbons (Fsp3) is 0.500. The molecule has 0 fully saturated rings. The quantitative estimate of drug-likeness (QED) is 0.134. The van der Waals surface area contributed by atoms with Crippen molar-refractivity contribution in [2.75, 3.05) is 13.2 Å². The fourth-order valence-electron chi connectivity index (χ4n) is 4.07. The Morgan fingerprint density at radius 3 is 2.24 bits per heavy atom. The Balaban J connectivity index is 1.67. The number of hydrogen-bond acceptors (Lipinski definition) is 7. The molecule has 0 aliphatic heterocycles. The molecule has 45 heavy (non-hydrogen) atoms. The number of nitrogens with zero attached hydrogens (tertiary/aromatic N) is 2. The topological polar surface area (TPSA) is 121 Å². The Morgan fingerprint density at radius 1 is 0.978 bits per heavy atom. The highest BCUT2D eigenvalue weighted by atomic mass is 28.4. The third-order valence-corrected chi connectivity index (χ3v) is 12.0. The monoisotopic (exact) mass is 639 g/mol. The fourth-order valence-corrected chi connectivity index (χ4v) is 5.30. The molecule has 2 N–H and O–H groups in total. The molecule has 0 bridgehead atoms. The molecule has 11 heteroatoms. The predicted octanol–water partition coefficient (Wildman–Crippen LogP) is 7.04. The minimum atomic E-state index is -2.29. The molecule has 0 saturated heterocycles. The Hall–Kier alpha value is -3.67. The molecule has 0 spiro atoms. The molecule has 0 aliphatic carbocycles. The number of hydrogen-bond donors (Lipinski definition) is 2. The number of carboxylic acids is 1. The van der Waals surface area contributed by atoms with Gasteiger partial charge in [0.1, 0.15) is 18.0 Å². The zero-order chi connectivity index (χ0) is 33.3. The summed E-state index contributed by atoms with van der Waals surface area (Å²) in [5.41, 5.74) is 3.09. The summed E-state index contributed by atoms with van der Waals surface area (Å²) in [6.07, 6.45) is -0.844. The lowest BCUT2D eigenvalue weighted by molar-refractivity contribution is -0.147. The first-order valence-electron chi connectivity index (χ1n) is 15.3. The number of aromatic nitrogens is 2. The van der Waals surface area contributed by atoms with Crippen molar-refractivity contribution < 1.29 is 33.3 Å². The molecule has 0 saturated carbocycles. The highest BCUT2D eigenvalue weighted by Gasteiger charge is 2.41. The smallest absolute Gasteiger partial charge is 0.407 e. The second-order valence-corrected chi connectivity index (χ2v) is 18.3. The molecule has 2 aromatic carbocycles. The summed E-state index contributed by atoms with van der Waals surface area (Å²) in [5.74, 6) is -0.492. The molecular weight excluding hydrogens is 590 g/mol. The van der Waals surface area contributed by atoms with E-state index in [9.17, 15) is 14.7 Å². The van der Waals surface area contributed by atoms with Gasteiger partial charge >= 0.3 is 12.1 Å². The Labute approximate surface area is 268 Å². The first-order chi connectivity index (χ1) is 21.0. The summed E-state index contributed by atoms with van der Waals surface area (Å²) in [7, 11) is -2.29. The zero-order valence-corrected chi connectivity index (χ0v) is 28.9. The van der Waals surface area contributed by atoms with Crippen molar-refractivity contribution >= 4 is 20.4 Å². The predicted molar refractivity (Wildman–Crippen MR) is 177 cm³/mol. The van der Waals surface area contributed by atoms with Gasteiger partial charge in [-0.3, -0.25) is 4.68 Å². The van der Waals surface area contributed by atoms with Crippen LogP contribution in [0.5, 0.6) is 5.75 Å². The van der Waals surface area contributed by atoms with Crippen LogP contribution in [0.4, 0.5) is 4.79 Å². The summed E-state index contributed by atoms with van der Waals surface area (Å²) in [6, 6.07) is 19.4. The van der Waals surface area contributed by atoms with Crippen LogP contribution in [0, 0.1) is 0 Å². The van der Waals surface area contributed by atoms with Crippen molar-refractivity contribution in [3.63, 3.8) is 0 Å². The summed E-state index contributed by atoms with van der Waals surface area (Å²) in [5, 5.41) is 17.3. The number of nitrogens with one attached hydrogen (secondary N) is 1. The normalized spacial score (nSPS) is 12.9. The molecule has 1 heterocycles. The molecule has 1 aromatic heterocycles. The second-order valence-electron chi connectivity index (χ2n) is 13.5. The molecule has 3 aromatic rings. The van der Waals surface area contributed by atoms with E-state index in [-0.39, 0.29) is 11.6 Å². The zero-order valence-electron chi connectivity index (χ0n) is 27.9. The highest BCUT2D eigenvalue weighted by molar-refractivity contribution is 6.74. The lowest BCUT2D eigenvalue weighted by atomic mass is 10.1. The van der Waals surface area contributed by atoms with Crippen LogP contribution in [0.15, 0.2) is 60.7 Å². The van der Waals surface area contributed by atoms with Gasteiger partial charge in [0.05, 0.1) is 24.6 Å². The number of rotatable bonds is 15. The standard InChI is InChI=1S/C34H49N3O7Si/c1-33(2,3)43-32(40)35-19-12-20-37-27(23-41-22-25-13-10-9-11-14-25)21-29(36-37)26-15-17-28(18-16-26)42-24-30(31(38)39)44-45(7,8)34(4,5)6/h9-11,13-18,21,30H,12,19-20,22-24H2,1-8H3,(H,35,40)(H,38,39)/t30-/m1/s1. The minimum Gasteiger partial charge on any atom is -0.490 e. The number of carbonyl (C=O) groups excluding carboxylic acids is 1. The molecule has 1 atom stereocenters. The van der Waals surface area contributed by atoms with Gasteiger partial charge in [-0.15, -0.1) is 0 Å². The number of aliphatic carboxylic acids is 1. The molecule has 0 unspecified atom stereocenters. The molecule has 0 radical (unpaired) electrons. The first kappa shape index (κ1) is 35.8. The first-order valence-corrected chi connectivity index (χ1v) is 18.2. The lowest BCUT2D eigenvalue weighted by Crippen LogP contribution is -2.47. The van der Waals surface area contributed by atoms with E-state index in [2.05, 4.69) is 26.1 Å². The SMILES string of the molecule is CC(C)(C)OC(=O)NCCCn1nc(-c2ccc(OC[C@@H](O[Si](C)(C)C(C)(C)C)C(=O)O)cc2)cc1COCc1ccccc1.